The molecule has 2 atom stereocenters. The number of ether oxygens (including phenoxy) is 3. The fourth-order valence-corrected chi connectivity index (χ4v) is 4.07. The molecule has 4 rings (SSSR count). The fourth-order valence-electron chi connectivity index (χ4n) is 4.07. The second kappa shape index (κ2) is 13.8. The van der Waals surface area contributed by atoms with Gasteiger partial charge >= 0.3 is 0 Å². The molecule has 0 fully saturated rings. The molecule has 1 aliphatic rings. The van der Waals surface area contributed by atoms with E-state index in [1.54, 1.807) is 17.9 Å². The van der Waals surface area contributed by atoms with E-state index in [1.165, 1.54) is 6.20 Å². The molecular formula is C27H38N4O5. The predicted octanol–water partition coefficient (Wildman–Crippen LogP) is 3.70. The highest BCUT2D eigenvalue weighted by molar-refractivity contribution is 5.76. The molecule has 0 amide bonds. The molecular weight excluding hydrogens is 460 g/mol. The first-order valence-electron chi connectivity index (χ1n) is 12.7. The molecule has 0 spiro atoms. The molecule has 0 saturated heterocycles. The zero-order valence-electron chi connectivity index (χ0n) is 21.7. The van der Waals surface area contributed by atoms with Gasteiger partial charge in [-0.05, 0) is 31.4 Å². The zero-order valence-corrected chi connectivity index (χ0v) is 21.7. The van der Waals surface area contributed by atoms with Gasteiger partial charge in [-0.3, -0.25) is 9.78 Å². The highest BCUT2D eigenvalue weighted by atomic mass is 16.6. The molecule has 2 unspecified atom stereocenters. The van der Waals surface area contributed by atoms with Crippen LogP contribution in [0.5, 0.6) is 17.2 Å². The van der Waals surface area contributed by atoms with Gasteiger partial charge in [-0.1, -0.05) is 27.2 Å². The zero-order chi connectivity index (χ0) is 25.9. The summed E-state index contributed by atoms with van der Waals surface area (Å²) in [7, 11) is 1.61. The number of aromatic nitrogens is 3. The van der Waals surface area contributed by atoms with E-state index in [1.807, 2.05) is 38.1 Å². The monoisotopic (exact) mass is 498 g/mol. The third-order valence-electron chi connectivity index (χ3n) is 6.02. The predicted molar refractivity (Wildman–Crippen MR) is 140 cm³/mol. The quantitative estimate of drug-likeness (QED) is 0.436. The summed E-state index contributed by atoms with van der Waals surface area (Å²) in [6.45, 7) is 8.64. The Morgan fingerprint density at radius 3 is 2.56 bits per heavy atom. The Bertz CT molecular complexity index is 1170. The van der Waals surface area contributed by atoms with Crippen molar-refractivity contribution in [2.75, 3.05) is 20.3 Å². The van der Waals surface area contributed by atoms with Gasteiger partial charge in [-0.15, -0.1) is 0 Å². The van der Waals surface area contributed by atoms with Gasteiger partial charge in [0, 0.05) is 31.3 Å². The summed E-state index contributed by atoms with van der Waals surface area (Å²) in [5.74, 6) is 2.20. The Labute approximate surface area is 212 Å². The number of aryl methyl sites for hydroxylation is 1. The number of fused-ring (bicyclic) bond motifs is 2. The topological polar surface area (TPSA) is 108 Å². The minimum atomic E-state index is -0.313. The average Bonchev–Trinajstić information content (AvgIpc) is 2.92. The summed E-state index contributed by atoms with van der Waals surface area (Å²) in [6, 6.07) is 7.57. The number of hydrogen-bond acceptors (Lipinski definition) is 8. The van der Waals surface area contributed by atoms with Crippen LogP contribution < -0.4 is 25.1 Å². The van der Waals surface area contributed by atoms with Crippen molar-refractivity contribution in [1.82, 2.24) is 19.9 Å². The van der Waals surface area contributed by atoms with Gasteiger partial charge in [0.1, 0.15) is 19.0 Å². The van der Waals surface area contributed by atoms with Crippen LogP contribution >= 0.6 is 0 Å². The third-order valence-corrected chi connectivity index (χ3v) is 6.02. The lowest BCUT2D eigenvalue weighted by atomic mass is 10.0. The van der Waals surface area contributed by atoms with E-state index >= 15 is 0 Å². The van der Waals surface area contributed by atoms with Crippen molar-refractivity contribution in [2.45, 2.75) is 71.7 Å². The average molecular weight is 499 g/mol. The maximum Gasteiger partial charge on any atom is 0.269 e. The van der Waals surface area contributed by atoms with Crippen LogP contribution in [0.15, 0.2) is 41.5 Å². The van der Waals surface area contributed by atoms with Crippen molar-refractivity contribution < 1.29 is 19.3 Å². The molecule has 3 heterocycles. The number of hydrogen-bond donors (Lipinski definition) is 2. The van der Waals surface area contributed by atoms with E-state index in [0.29, 0.717) is 32.1 Å². The Morgan fingerprint density at radius 1 is 1.08 bits per heavy atom. The number of aliphatic hydroxyl groups is 1. The number of nitrogens with zero attached hydrogens (tertiary/aromatic N) is 3. The van der Waals surface area contributed by atoms with Crippen LogP contribution in [-0.4, -0.2) is 52.1 Å². The molecule has 9 nitrogen and oxygen atoms in total. The van der Waals surface area contributed by atoms with Gasteiger partial charge in [0.2, 0.25) is 0 Å². The van der Waals surface area contributed by atoms with Gasteiger partial charge in [0.25, 0.3) is 5.56 Å². The van der Waals surface area contributed by atoms with Crippen molar-refractivity contribution in [3.8, 4) is 17.2 Å². The number of aliphatic hydroxyl groups excluding tert-OH is 1. The van der Waals surface area contributed by atoms with Gasteiger partial charge in [0.05, 0.1) is 42.3 Å². The van der Waals surface area contributed by atoms with Crippen LogP contribution in [0.1, 0.15) is 52.1 Å². The van der Waals surface area contributed by atoms with Gasteiger partial charge in [-0.2, -0.15) is 0 Å². The molecule has 3 aromatic rings. The molecule has 1 aromatic carbocycles. The smallest absolute Gasteiger partial charge is 0.269 e. The highest BCUT2D eigenvalue weighted by Crippen LogP contribution is 2.29. The Morgan fingerprint density at radius 2 is 1.86 bits per heavy atom. The minimum absolute atomic E-state index is 0.0670. The third kappa shape index (κ3) is 7.18. The van der Waals surface area contributed by atoms with Crippen molar-refractivity contribution in [3.05, 3.63) is 52.7 Å². The second-order valence-corrected chi connectivity index (χ2v) is 8.67. The van der Waals surface area contributed by atoms with Crippen LogP contribution in [0.4, 0.5) is 0 Å². The van der Waals surface area contributed by atoms with Crippen molar-refractivity contribution in [1.29, 1.82) is 0 Å². The molecule has 0 bridgehead atoms. The first-order chi connectivity index (χ1) is 17.5. The van der Waals surface area contributed by atoms with Crippen LogP contribution in [0, 0.1) is 0 Å². The summed E-state index contributed by atoms with van der Waals surface area (Å²) >= 11 is 0. The maximum atomic E-state index is 11.7. The van der Waals surface area contributed by atoms with Crippen molar-refractivity contribution in [2.24, 2.45) is 0 Å². The first-order valence-corrected chi connectivity index (χ1v) is 12.7. The summed E-state index contributed by atoms with van der Waals surface area (Å²) in [5, 5.41) is 13.4. The Hall–Kier alpha value is -3.17. The number of pyridine rings is 1. The molecule has 196 valence electrons. The van der Waals surface area contributed by atoms with E-state index in [4.69, 9.17) is 14.2 Å². The van der Waals surface area contributed by atoms with E-state index in [9.17, 15) is 9.90 Å². The summed E-state index contributed by atoms with van der Waals surface area (Å²) < 4.78 is 17.9. The maximum absolute atomic E-state index is 11.7. The van der Waals surface area contributed by atoms with Crippen LogP contribution in [-0.2, 0) is 13.1 Å². The number of rotatable bonds is 10. The molecule has 0 aliphatic carbocycles. The normalized spacial score (nSPS) is 14.0. The molecule has 0 radical (unpaired) electrons. The number of methoxy groups -OCH3 is 1. The second-order valence-electron chi connectivity index (χ2n) is 8.67. The molecule has 1 aliphatic heterocycles. The van der Waals surface area contributed by atoms with Gasteiger partial charge in [0.15, 0.2) is 11.5 Å². The summed E-state index contributed by atoms with van der Waals surface area (Å²) in [6.07, 6.45) is 6.43. The Balaban J connectivity index is 0.000000205. The summed E-state index contributed by atoms with van der Waals surface area (Å²) in [4.78, 5) is 20.2. The fraction of sp³-hybridized carbons (Fsp3) is 0.519. The molecule has 2 N–H and O–H groups in total. The Kier molecular flexibility index (Phi) is 10.5. The highest BCUT2D eigenvalue weighted by Gasteiger charge is 2.17. The molecule has 36 heavy (non-hydrogen) atoms. The van der Waals surface area contributed by atoms with Crippen LogP contribution in [0.3, 0.4) is 0 Å². The van der Waals surface area contributed by atoms with Crippen molar-refractivity contribution >= 4 is 11.0 Å². The lowest BCUT2D eigenvalue weighted by Gasteiger charge is -2.23. The van der Waals surface area contributed by atoms with Crippen molar-refractivity contribution in [3.63, 3.8) is 0 Å². The molecule has 9 heteroatoms. The molecule has 2 aromatic heterocycles. The summed E-state index contributed by atoms with van der Waals surface area (Å²) in [5.41, 5.74) is 2.48. The van der Waals surface area contributed by atoms with Crippen LogP contribution in [0.2, 0.25) is 0 Å². The first kappa shape index (κ1) is 27.4. The number of nitrogens with one attached hydrogen (secondary N) is 1. The van der Waals surface area contributed by atoms with E-state index in [2.05, 4.69) is 22.2 Å². The van der Waals surface area contributed by atoms with E-state index < -0.39 is 0 Å². The van der Waals surface area contributed by atoms with Crippen LogP contribution in [0.25, 0.3) is 11.0 Å². The minimum Gasteiger partial charge on any atom is -0.497 e. The lowest BCUT2D eigenvalue weighted by Crippen LogP contribution is -2.39. The van der Waals surface area contributed by atoms with E-state index in [0.717, 1.165) is 53.9 Å². The largest absolute Gasteiger partial charge is 0.497 e. The van der Waals surface area contributed by atoms with Gasteiger partial charge < -0.3 is 29.2 Å². The molecule has 0 saturated carbocycles. The lowest BCUT2D eigenvalue weighted by molar-refractivity contribution is 0.117. The standard InChI is InChI=1S/C15H24N2O3.C12H14N2O2/c1-3-5-12(13(18)4-2)17-9-11-8-14-15(10-16-11)20-7-6-19-14;1-3-6-14-11-7-9(16-2)4-5-10(11)13-8-12(14)15/h8,10,12-13,17-18H,3-7,9H2,1-2H3;4-5,7-8H,3,6H2,1-2H3. The number of benzene rings is 1. The SMILES string of the molecule is CCCC(NCc1cc2c(cn1)OCCO2)C(O)CC.CCCn1c(=O)cnc2ccc(OC)cc21. The van der Waals surface area contributed by atoms with E-state index in [-0.39, 0.29) is 17.7 Å². The van der Waals surface area contributed by atoms with Gasteiger partial charge in [-0.25, -0.2) is 4.98 Å².